The summed E-state index contributed by atoms with van der Waals surface area (Å²) >= 11 is 0. The highest BCUT2D eigenvalue weighted by Gasteiger charge is 2.20. The maximum atomic E-state index is 8.75. The van der Waals surface area contributed by atoms with Crippen LogP contribution in [-0.2, 0) is 4.74 Å². The topological polar surface area (TPSA) is 60.3 Å². The average molecular weight is 237 g/mol. The Labute approximate surface area is 99.6 Å². The van der Waals surface area contributed by atoms with Crippen LogP contribution in [0.2, 0.25) is 0 Å². The molecule has 1 aliphatic rings. The molecule has 0 aliphatic carbocycles. The number of rotatable bonds is 5. The number of benzene rings is 1. The summed E-state index contributed by atoms with van der Waals surface area (Å²) in [6, 6.07) is 5.48. The fourth-order valence-electron chi connectivity index (χ4n) is 1.65. The van der Waals surface area contributed by atoms with Gasteiger partial charge in [0.1, 0.15) is 23.8 Å². The average Bonchev–Trinajstić information content (AvgIpc) is 2.77. The van der Waals surface area contributed by atoms with Gasteiger partial charge < -0.3 is 19.4 Å². The van der Waals surface area contributed by atoms with Gasteiger partial charge in [-0.2, -0.15) is 0 Å². The van der Waals surface area contributed by atoms with E-state index in [1.807, 2.05) is 12.1 Å². The highest BCUT2D eigenvalue weighted by molar-refractivity contribution is 6.05. The van der Waals surface area contributed by atoms with Crippen LogP contribution in [0, 0.1) is 0 Å². The second kappa shape index (κ2) is 5.54. The monoisotopic (exact) mass is 237 g/mol. The lowest BCUT2D eigenvalue weighted by molar-refractivity contribution is 0.172. The molecule has 2 rings (SSSR count). The molecule has 92 valence electrons. The minimum atomic E-state index is 0.305. The van der Waals surface area contributed by atoms with Gasteiger partial charge in [0.15, 0.2) is 0 Å². The molecule has 1 aromatic rings. The molecule has 0 bridgehead atoms. The zero-order valence-electron chi connectivity index (χ0n) is 9.68. The van der Waals surface area contributed by atoms with Crippen LogP contribution in [0.25, 0.3) is 0 Å². The number of hydrogen-bond acceptors (Lipinski definition) is 5. The van der Waals surface area contributed by atoms with Crippen molar-refractivity contribution in [1.82, 2.24) is 0 Å². The van der Waals surface area contributed by atoms with Crippen molar-refractivity contribution in [2.24, 2.45) is 5.16 Å². The van der Waals surface area contributed by atoms with Crippen molar-refractivity contribution in [3.05, 3.63) is 23.8 Å². The predicted molar refractivity (Wildman–Crippen MR) is 62.2 cm³/mol. The number of oxime groups is 1. The molecule has 5 heteroatoms. The summed E-state index contributed by atoms with van der Waals surface area (Å²) in [5.41, 5.74) is 1.36. The van der Waals surface area contributed by atoms with Crippen LogP contribution in [0.4, 0.5) is 0 Å². The molecule has 0 aromatic heterocycles. The van der Waals surface area contributed by atoms with E-state index in [1.165, 1.54) is 0 Å². The van der Waals surface area contributed by atoms with Crippen LogP contribution >= 0.6 is 0 Å². The molecule has 1 aliphatic heterocycles. The van der Waals surface area contributed by atoms with Crippen LogP contribution in [-0.4, -0.2) is 37.8 Å². The standard InChI is InChI=1S/C12H15NO4/c1-15-5-2-6-16-9-3-4-10-11(13-14)8-17-12(10)7-9/h3-4,7,14H,2,5-6,8H2,1H3. The molecule has 0 spiro atoms. The third-order valence-electron chi connectivity index (χ3n) is 2.51. The van der Waals surface area contributed by atoms with E-state index in [1.54, 1.807) is 13.2 Å². The quantitative estimate of drug-likeness (QED) is 0.481. The number of hydrogen-bond donors (Lipinski definition) is 1. The Morgan fingerprint density at radius 2 is 2.29 bits per heavy atom. The van der Waals surface area contributed by atoms with Crippen LogP contribution in [0.1, 0.15) is 12.0 Å². The van der Waals surface area contributed by atoms with Crippen molar-refractivity contribution < 1.29 is 19.4 Å². The summed E-state index contributed by atoms with van der Waals surface area (Å²) in [5.74, 6) is 1.45. The van der Waals surface area contributed by atoms with Crippen LogP contribution in [0.15, 0.2) is 23.4 Å². The predicted octanol–water partition coefficient (Wildman–Crippen LogP) is 1.67. The Morgan fingerprint density at radius 3 is 3.06 bits per heavy atom. The van der Waals surface area contributed by atoms with E-state index in [-0.39, 0.29) is 0 Å². The van der Waals surface area contributed by atoms with Crippen molar-refractivity contribution in [2.45, 2.75) is 6.42 Å². The van der Waals surface area contributed by atoms with Gasteiger partial charge in [-0.05, 0) is 12.1 Å². The number of nitrogens with zero attached hydrogens (tertiary/aromatic N) is 1. The lowest BCUT2D eigenvalue weighted by atomic mass is 10.1. The maximum Gasteiger partial charge on any atom is 0.134 e. The highest BCUT2D eigenvalue weighted by Crippen LogP contribution is 2.29. The molecule has 1 N–H and O–H groups in total. The van der Waals surface area contributed by atoms with Gasteiger partial charge >= 0.3 is 0 Å². The summed E-state index contributed by atoms with van der Waals surface area (Å²) in [5, 5.41) is 11.9. The Balaban J connectivity index is 1.98. The first-order valence-electron chi connectivity index (χ1n) is 5.45. The zero-order chi connectivity index (χ0) is 12.1. The molecule has 0 atom stereocenters. The van der Waals surface area contributed by atoms with Gasteiger partial charge in [0.05, 0.1) is 6.61 Å². The maximum absolute atomic E-state index is 8.75. The van der Waals surface area contributed by atoms with Crippen LogP contribution in [0.5, 0.6) is 11.5 Å². The fraction of sp³-hybridized carbons (Fsp3) is 0.417. The zero-order valence-corrected chi connectivity index (χ0v) is 9.68. The van der Waals surface area contributed by atoms with Gasteiger partial charge in [-0.25, -0.2) is 0 Å². The Kier molecular flexibility index (Phi) is 3.82. The molecule has 0 radical (unpaired) electrons. The third kappa shape index (κ3) is 2.68. The Bertz CT molecular complexity index is 417. The van der Waals surface area contributed by atoms with Gasteiger partial charge in [-0.3, -0.25) is 0 Å². The SMILES string of the molecule is COCCCOc1ccc2c(c1)OCC2=NO. The van der Waals surface area contributed by atoms with E-state index < -0.39 is 0 Å². The number of ether oxygens (including phenoxy) is 3. The van der Waals surface area contributed by atoms with Crippen molar-refractivity contribution in [3.8, 4) is 11.5 Å². The molecule has 17 heavy (non-hydrogen) atoms. The van der Waals surface area contributed by atoms with Crippen LogP contribution in [0.3, 0.4) is 0 Å². The molecular formula is C12H15NO4. The minimum Gasteiger partial charge on any atom is -0.493 e. The summed E-state index contributed by atoms with van der Waals surface area (Å²) < 4.78 is 15.8. The van der Waals surface area contributed by atoms with Gasteiger partial charge in [-0.15, -0.1) is 0 Å². The van der Waals surface area contributed by atoms with E-state index in [4.69, 9.17) is 19.4 Å². The number of methoxy groups -OCH3 is 1. The number of fused-ring (bicyclic) bond motifs is 1. The van der Waals surface area contributed by atoms with Gasteiger partial charge in [0.2, 0.25) is 0 Å². The first-order valence-corrected chi connectivity index (χ1v) is 5.45. The molecule has 1 heterocycles. The molecule has 0 unspecified atom stereocenters. The van der Waals surface area contributed by atoms with Crippen molar-refractivity contribution in [1.29, 1.82) is 0 Å². The molecular weight excluding hydrogens is 222 g/mol. The van der Waals surface area contributed by atoms with E-state index in [0.29, 0.717) is 31.3 Å². The largest absolute Gasteiger partial charge is 0.493 e. The molecule has 0 saturated heterocycles. The Morgan fingerprint density at radius 1 is 1.41 bits per heavy atom. The first kappa shape index (κ1) is 11.7. The molecule has 1 aromatic carbocycles. The van der Waals surface area contributed by atoms with E-state index >= 15 is 0 Å². The first-order chi connectivity index (χ1) is 8.35. The molecule has 0 saturated carbocycles. The summed E-state index contributed by atoms with van der Waals surface area (Å²) in [6.07, 6.45) is 0.845. The summed E-state index contributed by atoms with van der Waals surface area (Å²) in [7, 11) is 1.67. The smallest absolute Gasteiger partial charge is 0.134 e. The summed E-state index contributed by atoms with van der Waals surface area (Å²) in [4.78, 5) is 0. The summed E-state index contributed by atoms with van der Waals surface area (Å²) in [6.45, 7) is 1.59. The van der Waals surface area contributed by atoms with E-state index in [2.05, 4.69) is 5.16 Å². The lowest BCUT2D eigenvalue weighted by Crippen LogP contribution is -2.01. The van der Waals surface area contributed by atoms with Gasteiger partial charge in [0, 0.05) is 31.8 Å². The molecule has 0 fully saturated rings. The van der Waals surface area contributed by atoms with Crippen molar-refractivity contribution >= 4 is 5.71 Å². The Hall–Kier alpha value is -1.75. The van der Waals surface area contributed by atoms with E-state index in [9.17, 15) is 0 Å². The highest BCUT2D eigenvalue weighted by atomic mass is 16.5. The van der Waals surface area contributed by atoms with Crippen LogP contribution < -0.4 is 9.47 Å². The van der Waals surface area contributed by atoms with Gasteiger partial charge in [0.25, 0.3) is 0 Å². The third-order valence-corrected chi connectivity index (χ3v) is 2.51. The second-order valence-electron chi connectivity index (χ2n) is 3.69. The molecule has 5 nitrogen and oxygen atoms in total. The van der Waals surface area contributed by atoms with E-state index in [0.717, 1.165) is 17.7 Å². The van der Waals surface area contributed by atoms with Crippen molar-refractivity contribution in [2.75, 3.05) is 26.9 Å². The minimum absolute atomic E-state index is 0.305. The lowest BCUT2D eigenvalue weighted by Gasteiger charge is -2.06. The molecule has 0 amide bonds. The van der Waals surface area contributed by atoms with Crippen molar-refractivity contribution in [3.63, 3.8) is 0 Å². The second-order valence-corrected chi connectivity index (χ2v) is 3.69. The normalized spacial score (nSPS) is 15.7. The fourth-order valence-corrected chi connectivity index (χ4v) is 1.65. The van der Waals surface area contributed by atoms with Gasteiger partial charge in [-0.1, -0.05) is 5.16 Å².